The fourth-order valence-electron chi connectivity index (χ4n) is 6.56. The number of aromatic nitrogens is 2. The SMILES string of the molecule is C[C@@H]1CCCN(c2cc(N3CCN(c4ccccc4)CC3)nc(NC(=S)NCC3(c4ccc(Cl)cc4)CCOCC3)n2)C1. The lowest BCUT2D eigenvalue weighted by Crippen LogP contribution is -2.47. The molecule has 2 aromatic carbocycles. The van der Waals surface area contributed by atoms with Gasteiger partial charge in [0, 0.05) is 81.2 Å². The van der Waals surface area contributed by atoms with Crippen LogP contribution >= 0.6 is 23.8 Å². The van der Waals surface area contributed by atoms with Crippen molar-refractivity contribution in [1.29, 1.82) is 0 Å². The van der Waals surface area contributed by atoms with E-state index in [2.05, 4.69) is 80.8 Å². The number of hydrogen-bond donors (Lipinski definition) is 2. The number of anilines is 4. The topological polar surface area (TPSA) is 68.8 Å². The standard InChI is InChI=1S/C33H42ClN7OS/c1-25-6-5-15-41(23-25)30-22-29(40-18-16-39(17-19-40)28-7-3-2-4-8-28)36-31(37-30)38-32(43)35-24-33(13-20-42-21-14-33)26-9-11-27(34)12-10-26/h2-4,7-12,22,25H,5-6,13-21,23-24H2,1H3,(H2,35,36,37,38,43)/t25-/m1/s1. The van der Waals surface area contributed by atoms with Crippen molar-refractivity contribution in [3.8, 4) is 0 Å². The first-order valence-electron chi connectivity index (χ1n) is 15.6. The fourth-order valence-corrected chi connectivity index (χ4v) is 6.85. The largest absolute Gasteiger partial charge is 0.381 e. The summed E-state index contributed by atoms with van der Waals surface area (Å²) in [6.45, 7) is 10.2. The highest BCUT2D eigenvalue weighted by atomic mass is 35.5. The molecule has 3 saturated heterocycles. The van der Waals surface area contributed by atoms with Gasteiger partial charge in [-0.25, -0.2) is 0 Å². The highest BCUT2D eigenvalue weighted by Gasteiger charge is 2.34. The zero-order valence-corrected chi connectivity index (χ0v) is 26.5. The second-order valence-electron chi connectivity index (χ2n) is 12.1. The molecule has 0 amide bonds. The Morgan fingerprint density at radius 2 is 1.60 bits per heavy atom. The summed E-state index contributed by atoms with van der Waals surface area (Å²) >= 11 is 12.0. The number of nitrogens with one attached hydrogen (secondary N) is 2. The maximum absolute atomic E-state index is 6.20. The van der Waals surface area contributed by atoms with Gasteiger partial charge >= 0.3 is 0 Å². The van der Waals surface area contributed by atoms with Crippen molar-refractivity contribution in [2.75, 3.05) is 79.0 Å². The van der Waals surface area contributed by atoms with Crippen molar-refractivity contribution in [2.45, 2.75) is 38.0 Å². The van der Waals surface area contributed by atoms with Crippen molar-refractivity contribution >= 4 is 52.2 Å². The van der Waals surface area contributed by atoms with E-state index < -0.39 is 0 Å². The van der Waals surface area contributed by atoms with Crippen LogP contribution in [0.4, 0.5) is 23.3 Å². The molecule has 3 aliphatic heterocycles. The summed E-state index contributed by atoms with van der Waals surface area (Å²) in [6.07, 6.45) is 4.27. The van der Waals surface area contributed by atoms with Gasteiger partial charge in [-0.2, -0.15) is 9.97 Å². The molecule has 0 aliphatic carbocycles. The normalized spacial score (nSPS) is 20.5. The summed E-state index contributed by atoms with van der Waals surface area (Å²) in [6, 6.07) is 21.0. The molecule has 1 aromatic heterocycles. The van der Waals surface area contributed by atoms with Crippen LogP contribution < -0.4 is 25.3 Å². The molecule has 0 bridgehead atoms. The molecule has 0 spiro atoms. The molecule has 0 radical (unpaired) electrons. The van der Waals surface area contributed by atoms with Crippen molar-refractivity contribution in [1.82, 2.24) is 15.3 Å². The average molecular weight is 620 g/mol. The summed E-state index contributed by atoms with van der Waals surface area (Å²) in [4.78, 5) is 17.2. The number of para-hydroxylation sites is 1. The quantitative estimate of drug-likeness (QED) is 0.323. The van der Waals surface area contributed by atoms with Crippen molar-refractivity contribution < 1.29 is 4.74 Å². The van der Waals surface area contributed by atoms with Crippen molar-refractivity contribution in [3.05, 3.63) is 71.2 Å². The van der Waals surface area contributed by atoms with Crippen molar-refractivity contribution in [3.63, 3.8) is 0 Å². The van der Waals surface area contributed by atoms with Gasteiger partial charge in [0.15, 0.2) is 5.11 Å². The number of ether oxygens (including phenoxy) is 1. The van der Waals surface area contributed by atoms with E-state index in [1.54, 1.807) is 0 Å². The van der Waals surface area contributed by atoms with E-state index in [1.165, 1.54) is 24.1 Å². The number of thiocarbonyl (C=S) groups is 1. The molecule has 3 aromatic rings. The smallest absolute Gasteiger partial charge is 0.232 e. The van der Waals surface area contributed by atoms with Gasteiger partial charge in [-0.1, -0.05) is 48.9 Å². The van der Waals surface area contributed by atoms with Gasteiger partial charge in [0.2, 0.25) is 5.95 Å². The Hall–Kier alpha value is -3.14. The Bertz CT molecular complexity index is 1360. The van der Waals surface area contributed by atoms with Crippen LogP contribution in [0.3, 0.4) is 0 Å². The van der Waals surface area contributed by atoms with Crippen LogP contribution in [0.25, 0.3) is 0 Å². The van der Waals surface area contributed by atoms with E-state index in [0.717, 1.165) is 82.0 Å². The van der Waals surface area contributed by atoms with E-state index in [-0.39, 0.29) is 5.41 Å². The zero-order chi connectivity index (χ0) is 29.6. The molecule has 0 saturated carbocycles. The molecule has 8 nitrogen and oxygen atoms in total. The second kappa shape index (κ2) is 13.7. The van der Waals surface area contributed by atoms with Gasteiger partial charge < -0.3 is 30.1 Å². The molecule has 10 heteroatoms. The van der Waals surface area contributed by atoms with Crippen LogP contribution in [0.1, 0.15) is 38.2 Å². The third-order valence-electron chi connectivity index (χ3n) is 9.12. The fraction of sp³-hybridized carbons (Fsp3) is 0.485. The Morgan fingerprint density at radius 3 is 2.30 bits per heavy atom. The average Bonchev–Trinajstić information content (AvgIpc) is 3.05. The number of nitrogens with zero attached hydrogens (tertiary/aromatic N) is 5. The lowest BCUT2D eigenvalue weighted by atomic mass is 9.74. The maximum atomic E-state index is 6.20. The number of piperazine rings is 1. The predicted octanol–water partition coefficient (Wildman–Crippen LogP) is 5.73. The predicted molar refractivity (Wildman–Crippen MR) is 181 cm³/mol. The first-order chi connectivity index (χ1) is 21.0. The van der Waals surface area contributed by atoms with Gasteiger partial charge in [0.1, 0.15) is 11.6 Å². The van der Waals surface area contributed by atoms with E-state index in [4.69, 9.17) is 38.5 Å². The monoisotopic (exact) mass is 619 g/mol. The minimum Gasteiger partial charge on any atom is -0.381 e. The summed E-state index contributed by atoms with van der Waals surface area (Å²) in [5.74, 6) is 3.10. The Balaban J connectivity index is 1.17. The number of rotatable bonds is 7. The number of benzene rings is 2. The van der Waals surface area contributed by atoms with Gasteiger partial charge in [-0.3, -0.25) is 0 Å². The van der Waals surface area contributed by atoms with E-state index in [1.807, 2.05) is 12.1 Å². The molecule has 6 rings (SSSR count). The van der Waals surface area contributed by atoms with Gasteiger partial charge in [-0.15, -0.1) is 0 Å². The molecule has 4 heterocycles. The Morgan fingerprint density at radius 1 is 0.930 bits per heavy atom. The lowest BCUT2D eigenvalue weighted by Gasteiger charge is -2.38. The molecule has 43 heavy (non-hydrogen) atoms. The third kappa shape index (κ3) is 7.33. The number of halogens is 1. The summed E-state index contributed by atoms with van der Waals surface area (Å²) in [5, 5.41) is 8.12. The first-order valence-corrected chi connectivity index (χ1v) is 16.3. The Labute approximate surface area is 265 Å². The van der Waals surface area contributed by atoms with Crippen LogP contribution in [-0.4, -0.2) is 74.1 Å². The van der Waals surface area contributed by atoms with Crippen LogP contribution in [0.5, 0.6) is 0 Å². The molecule has 0 unspecified atom stereocenters. The van der Waals surface area contributed by atoms with Gasteiger partial charge in [0.25, 0.3) is 0 Å². The number of piperidine rings is 1. The highest BCUT2D eigenvalue weighted by molar-refractivity contribution is 7.80. The van der Waals surface area contributed by atoms with Gasteiger partial charge in [-0.05, 0) is 73.6 Å². The summed E-state index contributed by atoms with van der Waals surface area (Å²) in [7, 11) is 0. The highest BCUT2D eigenvalue weighted by Crippen LogP contribution is 2.35. The number of hydrogen-bond acceptors (Lipinski definition) is 7. The summed E-state index contributed by atoms with van der Waals surface area (Å²) < 4.78 is 5.72. The van der Waals surface area contributed by atoms with Gasteiger partial charge in [0.05, 0.1) is 0 Å². The molecular formula is C33H42ClN7OS. The van der Waals surface area contributed by atoms with E-state index in [9.17, 15) is 0 Å². The molecule has 1 atom stereocenters. The van der Waals surface area contributed by atoms with Crippen LogP contribution in [0.15, 0.2) is 60.7 Å². The molecule has 228 valence electrons. The molecule has 3 fully saturated rings. The minimum absolute atomic E-state index is 0.0786. The summed E-state index contributed by atoms with van der Waals surface area (Å²) in [5.41, 5.74) is 2.45. The first kappa shape index (κ1) is 29.9. The van der Waals surface area contributed by atoms with Crippen LogP contribution in [0.2, 0.25) is 5.02 Å². The third-order valence-corrected chi connectivity index (χ3v) is 9.62. The molecule has 2 N–H and O–H groups in total. The minimum atomic E-state index is -0.0786. The molecular weight excluding hydrogens is 578 g/mol. The van der Waals surface area contributed by atoms with E-state index >= 15 is 0 Å². The zero-order valence-electron chi connectivity index (χ0n) is 25.0. The second-order valence-corrected chi connectivity index (χ2v) is 13.0. The van der Waals surface area contributed by atoms with Crippen molar-refractivity contribution in [2.24, 2.45) is 5.92 Å². The van der Waals surface area contributed by atoms with Crippen LogP contribution in [0, 0.1) is 5.92 Å². The maximum Gasteiger partial charge on any atom is 0.232 e. The Kier molecular flexibility index (Phi) is 9.50. The molecule has 3 aliphatic rings. The van der Waals surface area contributed by atoms with Crippen LogP contribution in [-0.2, 0) is 10.2 Å². The van der Waals surface area contributed by atoms with E-state index in [0.29, 0.717) is 23.5 Å². The lowest BCUT2D eigenvalue weighted by molar-refractivity contribution is 0.0515.